The average molecular weight is 520 g/mol. The molecule has 0 aliphatic carbocycles. The van der Waals surface area contributed by atoms with Crippen LogP contribution in [0.25, 0.3) is 0 Å². The highest BCUT2D eigenvalue weighted by Gasteiger charge is 2.33. The summed E-state index contributed by atoms with van der Waals surface area (Å²) in [6.07, 6.45) is 1.39. The molecule has 0 heterocycles. The fourth-order valence-electron chi connectivity index (χ4n) is 3.75. The first kappa shape index (κ1) is 29.0. The van der Waals surface area contributed by atoms with Crippen LogP contribution in [0.15, 0.2) is 48.5 Å². The number of methoxy groups -OCH3 is 2. The van der Waals surface area contributed by atoms with Gasteiger partial charge in [-0.05, 0) is 44.9 Å². The maximum atomic E-state index is 13.7. The molecule has 2 aromatic rings. The number of anilines is 1. The first-order chi connectivity index (χ1) is 16.8. The minimum atomic E-state index is -3.86. The minimum Gasteiger partial charge on any atom is -0.493 e. The van der Waals surface area contributed by atoms with Crippen molar-refractivity contribution in [1.29, 1.82) is 0 Å². The highest BCUT2D eigenvalue weighted by molar-refractivity contribution is 7.92. The van der Waals surface area contributed by atoms with E-state index in [1.54, 1.807) is 12.1 Å². The van der Waals surface area contributed by atoms with Crippen molar-refractivity contribution >= 4 is 27.5 Å². The van der Waals surface area contributed by atoms with Crippen molar-refractivity contribution in [2.75, 3.05) is 31.3 Å². The van der Waals surface area contributed by atoms with Crippen LogP contribution in [0.2, 0.25) is 0 Å². The Morgan fingerprint density at radius 2 is 1.61 bits per heavy atom. The number of rotatable bonds is 11. The number of carbonyl (C=O) groups excluding carboxylic acids is 2. The molecule has 36 heavy (non-hydrogen) atoms. The normalized spacial score (nSPS) is 12.4. The molecule has 0 unspecified atom stereocenters. The lowest BCUT2D eigenvalue weighted by atomic mass is 10.1. The number of benzene rings is 2. The van der Waals surface area contributed by atoms with Gasteiger partial charge >= 0.3 is 0 Å². The second-order valence-corrected chi connectivity index (χ2v) is 11.4. The first-order valence-electron chi connectivity index (χ1n) is 11.7. The third-order valence-corrected chi connectivity index (χ3v) is 6.55. The number of hydrogen-bond donors (Lipinski definition) is 1. The number of carbonyl (C=O) groups is 2. The zero-order valence-electron chi connectivity index (χ0n) is 22.1. The Morgan fingerprint density at radius 1 is 1.00 bits per heavy atom. The monoisotopic (exact) mass is 519 g/mol. The molecule has 0 spiro atoms. The summed E-state index contributed by atoms with van der Waals surface area (Å²) >= 11 is 0. The Hall–Kier alpha value is -3.27. The number of sulfonamides is 1. The molecule has 2 amide bonds. The van der Waals surface area contributed by atoms with Crippen LogP contribution in [-0.2, 0) is 26.2 Å². The van der Waals surface area contributed by atoms with Crippen LogP contribution < -0.4 is 19.1 Å². The van der Waals surface area contributed by atoms with Crippen molar-refractivity contribution in [2.45, 2.75) is 52.2 Å². The van der Waals surface area contributed by atoms with Crippen molar-refractivity contribution in [1.82, 2.24) is 10.2 Å². The summed E-state index contributed by atoms with van der Waals surface area (Å²) in [5, 5.41) is 2.94. The Labute approximate surface area is 214 Å². The van der Waals surface area contributed by atoms with E-state index in [4.69, 9.17) is 9.47 Å². The third kappa shape index (κ3) is 7.87. The number of nitrogens with one attached hydrogen (secondary N) is 1. The van der Waals surface area contributed by atoms with E-state index in [2.05, 4.69) is 5.32 Å². The SMILES string of the molecule is CC[C@@H](C(=O)NC(C)(C)C)N(Cc1ccccc1)C(=O)CN(c1ccc(OC)c(OC)c1)S(C)(=O)=O. The van der Waals surface area contributed by atoms with Crippen LogP contribution in [-0.4, -0.2) is 63.7 Å². The lowest BCUT2D eigenvalue weighted by Crippen LogP contribution is -2.55. The lowest BCUT2D eigenvalue weighted by Gasteiger charge is -2.34. The molecule has 0 saturated heterocycles. The second kappa shape index (κ2) is 12.1. The zero-order valence-corrected chi connectivity index (χ0v) is 22.9. The van der Waals surface area contributed by atoms with E-state index < -0.39 is 34.1 Å². The maximum absolute atomic E-state index is 13.7. The molecule has 0 saturated carbocycles. The van der Waals surface area contributed by atoms with Gasteiger partial charge in [0, 0.05) is 18.2 Å². The van der Waals surface area contributed by atoms with Crippen LogP contribution in [0.4, 0.5) is 5.69 Å². The third-order valence-electron chi connectivity index (χ3n) is 5.41. The first-order valence-corrected chi connectivity index (χ1v) is 13.5. The lowest BCUT2D eigenvalue weighted by molar-refractivity contribution is -0.141. The van der Waals surface area contributed by atoms with Crippen LogP contribution in [0, 0.1) is 0 Å². The molecule has 9 nitrogen and oxygen atoms in total. The second-order valence-electron chi connectivity index (χ2n) is 9.48. The van der Waals surface area contributed by atoms with Gasteiger partial charge in [0.05, 0.1) is 26.2 Å². The van der Waals surface area contributed by atoms with E-state index in [0.717, 1.165) is 16.1 Å². The summed E-state index contributed by atoms with van der Waals surface area (Å²) in [6, 6.07) is 13.1. The molecule has 0 aromatic heterocycles. The Balaban J connectivity index is 2.48. The summed E-state index contributed by atoms with van der Waals surface area (Å²) in [7, 11) is -0.937. The summed E-state index contributed by atoms with van der Waals surface area (Å²) in [4.78, 5) is 28.3. The van der Waals surface area contributed by atoms with E-state index >= 15 is 0 Å². The van der Waals surface area contributed by atoms with Gasteiger partial charge in [-0.15, -0.1) is 0 Å². The van der Waals surface area contributed by atoms with Crippen molar-refractivity contribution < 1.29 is 27.5 Å². The van der Waals surface area contributed by atoms with Gasteiger partial charge in [-0.1, -0.05) is 37.3 Å². The number of amides is 2. The van der Waals surface area contributed by atoms with Crippen LogP contribution in [0.1, 0.15) is 39.7 Å². The number of ether oxygens (including phenoxy) is 2. The summed E-state index contributed by atoms with van der Waals surface area (Å²) in [5.74, 6) is -0.0499. The molecular formula is C26H37N3O6S. The molecule has 10 heteroatoms. The molecule has 0 bridgehead atoms. The van der Waals surface area contributed by atoms with Crippen molar-refractivity contribution in [3.05, 3.63) is 54.1 Å². The van der Waals surface area contributed by atoms with Gasteiger partial charge in [0.15, 0.2) is 11.5 Å². The summed E-state index contributed by atoms with van der Waals surface area (Å²) in [6.45, 7) is 7.08. The van der Waals surface area contributed by atoms with Crippen molar-refractivity contribution in [3.63, 3.8) is 0 Å². The molecule has 2 rings (SSSR count). The molecule has 0 aliphatic heterocycles. The quantitative estimate of drug-likeness (QED) is 0.489. The highest BCUT2D eigenvalue weighted by atomic mass is 32.2. The highest BCUT2D eigenvalue weighted by Crippen LogP contribution is 2.32. The molecule has 1 atom stereocenters. The Bertz CT molecular complexity index is 1150. The molecular weight excluding hydrogens is 482 g/mol. The Morgan fingerprint density at radius 3 is 2.11 bits per heavy atom. The average Bonchev–Trinajstić information content (AvgIpc) is 2.80. The van der Waals surface area contributed by atoms with Gasteiger partial charge in [0.1, 0.15) is 12.6 Å². The molecule has 0 radical (unpaired) electrons. The zero-order chi connectivity index (χ0) is 27.1. The maximum Gasteiger partial charge on any atom is 0.244 e. The predicted octanol–water partition coefficient (Wildman–Crippen LogP) is 3.19. The molecule has 0 aliphatic rings. The van der Waals surface area contributed by atoms with E-state index in [-0.39, 0.29) is 18.1 Å². The van der Waals surface area contributed by atoms with E-state index in [0.29, 0.717) is 17.9 Å². The molecule has 198 valence electrons. The van der Waals surface area contributed by atoms with Gasteiger partial charge in [0.2, 0.25) is 21.8 Å². The number of hydrogen-bond acceptors (Lipinski definition) is 6. The van der Waals surface area contributed by atoms with Crippen LogP contribution in [0.5, 0.6) is 11.5 Å². The topological polar surface area (TPSA) is 105 Å². The standard InChI is InChI=1S/C26H37N3O6S/c1-8-21(25(31)27-26(2,3)4)28(17-19-12-10-9-11-13-19)24(30)18-29(36(7,32)33)20-14-15-22(34-5)23(16-20)35-6/h9-16,21H,8,17-18H2,1-7H3,(H,27,31)/t21-/m0/s1. The Kier molecular flexibility index (Phi) is 9.75. The summed E-state index contributed by atoms with van der Waals surface area (Å²) < 4.78 is 37.1. The fourth-order valence-corrected chi connectivity index (χ4v) is 4.59. The number of nitrogens with zero attached hydrogens (tertiary/aromatic N) is 2. The molecule has 0 fully saturated rings. The van der Waals surface area contributed by atoms with Gasteiger partial charge in [-0.3, -0.25) is 13.9 Å². The van der Waals surface area contributed by atoms with Crippen LogP contribution >= 0.6 is 0 Å². The molecule has 2 aromatic carbocycles. The van der Waals surface area contributed by atoms with E-state index in [1.165, 1.54) is 25.2 Å². The molecule has 1 N–H and O–H groups in total. The smallest absolute Gasteiger partial charge is 0.244 e. The largest absolute Gasteiger partial charge is 0.493 e. The van der Waals surface area contributed by atoms with Gasteiger partial charge in [-0.25, -0.2) is 8.42 Å². The van der Waals surface area contributed by atoms with Crippen molar-refractivity contribution in [3.8, 4) is 11.5 Å². The van der Waals surface area contributed by atoms with Gasteiger partial charge < -0.3 is 19.7 Å². The summed E-state index contributed by atoms with van der Waals surface area (Å²) in [5.41, 5.74) is 0.574. The predicted molar refractivity (Wildman–Crippen MR) is 141 cm³/mol. The van der Waals surface area contributed by atoms with Crippen LogP contribution in [0.3, 0.4) is 0 Å². The fraction of sp³-hybridized carbons (Fsp3) is 0.462. The van der Waals surface area contributed by atoms with E-state index in [9.17, 15) is 18.0 Å². The minimum absolute atomic E-state index is 0.152. The van der Waals surface area contributed by atoms with E-state index in [1.807, 2.05) is 58.0 Å². The van der Waals surface area contributed by atoms with Gasteiger partial charge in [-0.2, -0.15) is 0 Å². The van der Waals surface area contributed by atoms with Gasteiger partial charge in [0.25, 0.3) is 0 Å². The van der Waals surface area contributed by atoms with Crippen molar-refractivity contribution in [2.24, 2.45) is 0 Å².